The molecular formula is C15H19NO2. The average Bonchev–Trinajstić information content (AvgIpc) is 2.90. The molecule has 0 saturated heterocycles. The van der Waals surface area contributed by atoms with Crippen molar-refractivity contribution in [3.05, 3.63) is 47.9 Å². The van der Waals surface area contributed by atoms with Gasteiger partial charge >= 0.3 is 0 Å². The Hall–Kier alpha value is -1.90. The Kier molecular flexibility index (Phi) is 3.92. The molecule has 0 radical (unpaired) electrons. The minimum Gasteiger partial charge on any atom is -0.496 e. The van der Waals surface area contributed by atoms with Crippen molar-refractivity contribution in [3.63, 3.8) is 0 Å². The Balaban J connectivity index is 2.15. The van der Waals surface area contributed by atoms with Crippen molar-refractivity contribution in [2.45, 2.75) is 26.3 Å². The van der Waals surface area contributed by atoms with Gasteiger partial charge in [0.25, 0.3) is 0 Å². The first-order valence-electron chi connectivity index (χ1n) is 6.19. The molecule has 1 N–H and O–H groups in total. The summed E-state index contributed by atoms with van der Waals surface area (Å²) >= 11 is 0. The Morgan fingerprint density at radius 3 is 2.72 bits per heavy atom. The zero-order valence-electron chi connectivity index (χ0n) is 11.1. The van der Waals surface area contributed by atoms with Gasteiger partial charge in [0.2, 0.25) is 0 Å². The molecule has 0 saturated carbocycles. The fourth-order valence-electron chi connectivity index (χ4n) is 2.03. The van der Waals surface area contributed by atoms with Crippen LogP contribution in [0.2, 0.25) is 0 Å². The number of aryl methyl sites for hydroxylation is 1. The molecule has 0 spiro atoms. The number of benzene rings is 1. The highest BCUT2D eigenvalue weighted by atomic mass is 16.5. The fraction of sp³-hybridized carbons (Fsp3) is 0.333. The molecule has 2 rings (SSSR count). The van der Waals surface area contributed by atoms with Crippen LogP contribution >= 0.6 is 0 Å². The van der Waals surface area contributed by atoms with Crippen LogP contribution in [0, 0.1) is 6.92 Å². The van der Waals surface area contributed by atoms with Gasteiger partial charge in [-0.3, -0.25) is 0 Å². The summed E-state index contributed by atoms with van der Waals surface area (Å²) in [5.41, 5.74) is 2.20. The Morgan fingerprint density at radius 2 is 2.17 bits per heavy atom. The van der Waals surface area contributed by atoms with E-state index in [0.717, 1.165) is 29.2 Å². The molecule has 3 heteroatoms. The first-order valence-corrected chi connectivity index (χ1v) is 6.19. The third-order valence-electron chi connectivity index (χ3n) is 3.03. The van der Waals surface area contributed by atoms with Gasteiger partial charge in [-0.25, -0.2) is 0 Å². The number of ether oxygens (including phenoxy) is 1. The van der Waals surface area contributed by atoms with Gasteiger partial charge in [-0.2, -0.15) is 0 Å². The number of furan rings is 1. The molecule has 1 unspecified atom stereocenters. The van der Waals surface area contributed by atoms with Crippen LogP contribution in [0.1, 0.15) is 30.7 Å². The van der Waals surface area contributed by atoms with Gasteiger partial charge in [-0.15, -0.1) is 0 Å². The molecule has 1 heterocycles. The maximum absolute atomic E-state index is 5.45. The van der Waals surface area contributed by atoms with Crippen molar-refractivity contribution in [3.8, 4) is 5.75 Å². The zero-order chi connectivity index (χ0) is 13.0. The molecule has 0 aliphatic carbocycles. The predicted molar refractivity (Wildman–Crippen MR) is 73.1 cm³/mol. The van der Waals surface area contributed by atoms with Gasteiger partial charge in [0.05, 0.1) is 19.4 Å². The van der Waals surface area contributed by atoms with Crippen LogP contribution in [0.5, 0.6) is 5.75 Å². The van der Waals surface area contributed by atoms with Gasteiger partial charge in [0.15, 0.2) is 0 Å². The standard InChI is InChI=1S/C15H19NO2/c1-4-13(15-6-5-9-18-15)16-12-7-8-14(17-3)11(2)10-12/h5-10,13,16H,4H2,1-3H3. The second-order valence-electron chi connectivity index (χ2n) is 4.30. The van der Waals surface area contributed by atoms with E-state index >= 15 is 0 Å². The topological polar surface area (TPSA) is 34.4 Å². The number of hydrogen-bond acceptors (Lipinski definition) is 3. The molecule has 2 aromatic rings. The van der Waals surface area contributed by atoms with Crippen molar-refractivity contribution < 1.29 is 9.15 Å². The number of methoxy groups -OCH3 is 1. The van der Waals surface area contributed by atoms with Crippen LogP contribution in [0.3, 0.4) is 0 Å². The number of rotatable bonds is 5. The maximum Gasteiger partial charge on any atom is 0.125 e. The van der Waals surface area contributed by atoms with Crippen molar-refractivity contribution in [2.24, 2.45) is 0 Å². The second kappa shape index (κ2) is 5.63. The minimum atomic E-state index is 0.202. The van der Waals surface area contributed by atoms with Crippen LogP contribution in [-0.2, 0) is 0 Å². The van der Waals surface area contributed by atoms with Gasteiger partial charge < -0.3 is 14.5 Å². The molecule has 0 fully saturated rings. The van der Waals surface area contributed by atoms with Crippen LogP contribution in [0.15, 0.2) is 41.0 Å². The molecule has 3 nitrogen and oxygen atoms in total. The minimum absolute atomic E-state index is 0.202. The lowest BCUT2D eigenvalue weighted by atomic mass is 10.1. The quantitative estimate of drug-likeness (QED) is 0.858. The average molecular weight is 245 g/mol. The van der Waals surface area contributed by atoms with Gasteiger partial charge in [0.1, 0.15) is 11.5 Å². The molecule has 0 aliphatic heterocycles. The molecule has 0 aliphatic rings. The highest BCUT2D eigenvalue weighted by Crippen LogP contribution is 2.26. The molecule has 96 valence electrons. The van der Waals surface area contributed by atoms with Crippen LogP contribution in [-0.4, -0.2) is 7.11 Å². The second-order valence-corrected chi connectivity index (χ2v) is 4.30. The monoisotopic (exact) mass is 245 g/mol. The lowest BCUT2D eigenvalue weighted by Gasteiger charge is -2.17. The number of anilines is 1. The van der Waals surface area contributed by atoms with Crippen molar-refractivity contribution in [2.75, 3.05) is 12.4 Å². The SMILES string of the molecule is CCC(Nc1ccc(OC)c(C)c1)c1ccco1. The third-order valence-corrected chi connectivity index (χ3v) is 3.03. The molecule has 1 atom stereocenters. The smallest absolute Gasteiger partial charge is 0.125 e. The predicted octanol–water partition coefficient (Wildman–Crippen LogP) is 4.16. The normalized spacial score (nSPS) is 12.2. The Bertz CT molecular complexity index is 491. The van der Waals surface area contributed by atoms with E-state index in [4.69, 9.17) is 9.15 Å². The highest BCUT2D eigenvalue weighted by Gasteiger charge is 2.12. The van der Waals surface area contributed by atoms with Gasteiger partial charge in [-0.05, 0) is 49.2 Å². The number of nitrogens with one attached hydrogen (secondary N) is 1. The Morgan fingerprint density at radius 1 is 1.33 bits per heavy atom. The summed E-state index contributed by atoms with van der Waals surface area (Å²) in [4.78, 5) is 0. The van der Waals surface area contributed by atoms with E-state index in [1.54, 1.807) is 13.4 Å². The summed E-state index contributed by atoms with van der Waals surface area (Å²) in [6.07, 6.45) is 2.68. The number of hydrogen-bond donors (Lipinski definition) is 1. The van der Waals surface area contributed by atoms with Crippen LogP contribution in [0.4, 0.5) is 5.69 Å². The summed E-state index contributed by atoms with van der Waals surface area (Å²) in [7, 11) is 1.69. The van der Waals surface area contributed by atoms with E-state index in [1.807, 2.05) is 31.2 Å². The van der Waals surface area contributed by atoms with E-state index < -0.39 is 0 Å². The van der Waals surface area contributed by atoms with E-state index in [9.17, 15) is 0 Å². The molecule has 0 bridgehead atoms. The van der Waals surface area contributed by atoms with Crippen molar-refractivity contribution in [1.82, 2.24) is 0 Å². The molecule has 18 heavy (non-hydrogen) atoms. The third kappa shape index (κ3) is 2.67. The molecular weight excluding hydrogens is 226 g/mol. The van der Waals surface area contributed by atoms with E-state index in [1.165, 1.54) is 0 Å². The van der Waals surface area contributed by atoms with E-state index in [-0.39, 0.29) is 6.04 Å². The van der Waals surface area contributed by atoms with E-state index in [2.05, 4.69) is 18.3 Å². The van der Waals surface area contributed by atoms with Gasteiger partial charge in [0, 0.05) is 5.69 Å². The largest absolute Gasteiger partial charge is 0.496 e. The summed E-state index contributed by atoms with van der Waals surface area (Å²) in [6, 6.07) is 10.2. The first kappa shape index (κ1) is 12.6. The maximum atomic E-state index is 5.45. The summed E-state index contributed by atoms with van der Waals surface area (Å²) < 4.78 is 10.7. The zero-order valence-corrected chi connectivity index (χ0v) is 11.1. The van der Waals surface area contributed by atoms with E-state index in [0.29, 0.717) is 0 Å². The lowest BCUT2D eigenvalue weighted by Crippen LogP contribution is -2.08. The highest BCUT2D eigenvalue weighted by molar-refractivity contribution is 5.51. The Labute approximate surface area is 108 Å². The van der Waals surface area contributed by atoms with Crippen LogP contribution < -0.4 is 10.1 Å². The molecule has 1 aromatic heterocycles. The molecule has 0 amide bonds. The summed E-state index contributed by atoms with van der Waals surface area (Å²) in [5.74, 6) is 1.87. The van der Waals surface area contributed by atoms with Gasteiger partial charge in [-0.1, -0.05) is 6.92 Å². The van der Waals surface area contributed by atoms with Crippen LogP contribution in [0.25, 0.3) is 0 Å². The summed E-state index contributed by atoms with van der Waals surface area (Å²) in [6.45, 7) is 4.18. The molecule has 1 aromatic carbocycles. The first-order chi connectivity index (χ1) is 8.74. The van der Waals surface area contributed by atoms with Crippen molar-refractivity contribution >= 4 is 5.69 Å². The lowest BCUT2D eigenvalue weighted by molar-refractivity contribution is 0.411. The van der Waals surface area contributed by atoms with Crippen molar-refractivity contribution in [1.29, 1.82) is 0 Å². The fourth-order valence-corrected chi connectivity index (χ4v) is 2.03. The summed E-state index contributed by atoms with van der Waals surface area (Å²) in [5, 5.41) is 3.47.